The summed E-state index contributed by atoms with van der Waals surface area (Å²) < 4.78 is 5.59. The van der Waals surface area contributed by atoms with Crippen LogP contribution >= 0.6 is 11.6 Å². The molecule has 0 aliphatic rings. The Bertz CT molecular complexity index is 1150. The number of carbonyl (C=O) groups is 2. The number of rotatable bonds is 5. The summed E-state index contributed by atoms with van der Waals surface area (Å²) in [5.41, 5.74) is 1.91. The van der Waals surface area contributed by atoms with Gasteiger partial charge in [0.05, 0.1) is 0 Å². The molecule has 0 saturated carbocycles. The first-order valence-corrected chi connectivity index (χ1v) is 8.99. The number of nitrogens with one attached hydrogen (secondary N) is 1. The van der Waals surface area contributed by atoms with Crippen LogP contribution in [-0.2, 0) is 4.74 Å². The maximum absolute atomic E-state index is 13.3. The topological polar surface area (TPSA) is 72.1 Å². The number of aromatic nitrogens is 2. The zero-order valence-electron chi connectivity index (χ0n) is 14.6. The van der Waals surface area contributed by atoms with Crippen LogP contribution in [0.4, 0.5) is 0 Å². The number of Topliss-reactive ketones (excluding diaryl/α,β-unsaturated/α-hetero) is 1. The van der Waals surface area contributed by atoms with Crippen LogP contribution in [0.25, 0.3) is 10.9 Å². The van der Waals surface area contributed by atoms with Crippen LogP contribution in [0.5, 0.6) is 0 Å². The van der Waals surface area contributed by atoms with E-state index in [1.54, 1.807) is 36.5 Å². The zero-order valence-corrected chi connectivity index (χ0v) is 15.4. The summed E-state index contributed by atoms with van der Waals surface area (Å²) >= 11 is 5.93. The molecular weight excluding hydrogens is 376 g/mol. The Morgan fingerprint density at radius 2 is 1.75 bits per heavy atom. The number of nitrogens with zero attached hydrogens (tertiary/aromatic N) is 1. The third kappa shape index (κ3) is 3.52. The zero-order chi connectivity index (χ0) is 19.5. The summed E-state index contributed by atoms with van der Waals surface area (Å²) in [6.07, 6.45) is 1.94. The quantitative estimate of drug-likeness (QED) is 0.384. The number of ether oxygens (including phenoxy) is 1. The van der Waals surface area contributed by atoms with Crippen molar-refractivity contribution in [1.29, 1.82) is 0 Å². The van der Waals surface area contributed by atoms with E-state index in [1.807, 2.05) is 30.3 Å². The summed E-state index contributed by atoms with van der Waals surface area (Å²) in [4.78, 5) is 33.0. The Balaban J connectivity index is 1.72. The molecule has 0 unspecified atom stereocenters. The minimum absolute atomic E-state index is 0.0418. The van der Waals surface area contributed by atoms with Crippen molar-refractivity contribution < 1.29 is 14.3 Å². The molecule has 2 aromatic carbocycles. The molecule has 0 aliphatic carbocycles. The fraction of sp³-hybridized carbons (Fsp3) is 0.0455. The van der Waals surface area contributed by atoms with Crippen LogP contribution in [0, 0.1) is 0 Å². The molecule has 0 bridgehead atoms. The highest BCUT2D eigenvalue weighted by molar-refractivity contribution is 6.30. The van der Waals surface area contributed by atoms with Gasteiger partial charge in [0, 0.05) is 39.4 Å². The fourth-order valence-corrected chi connectivity index (χ4v) is 3.16. The van der Waals surface area contributed by atoms with Gasteiger partial charge in [-0.15, -0.1) is 0 Å². The Kier molecular flexibility index (Phi) is 4.91. The van der Waals surface area contributed by atoms with E-state index >= 15 is 0 Å². The van der Waals surface area contributed by atoms with Crippen molar-refractivity contribution in [2.24, 2.45) is 0 Å². The van der Waals surface area contributed by atoms with Crippen LogP contribution < -0.4 is 0 Å². The number of halogens is 1. The number of hydrogen-bond acceptors (Lipinski definition) is 4. The molecule has 0 spiro atoms. The number of esters is 1. The van der Waals surface area contributed by atoms with Crippen molar-refractivity contribution in [3.63, 3.8) is 0 Å². The highest BCUT2D eigenvalue weighted by Gasteiger charge is 2.29. The second-order valence-corrected chi connectivity index (χ2v) is 6.60. The van der Waals surface area contributed by atoms with Crippen molar-refractivity contribution in [2.45, 2.75) is 6.10 Å². The van der Waals surface area contributed by atoms with E-state index < -0.39 is 12.1 Å². The summed E-state index contributed by atoms with van der Waals surface area (Å²) in [5.74, 6) is -1.04. The Morgan fingerprint density at radius 3 is 2.54 bits per heavy atom. The highest BCUT2D eigenvalue weighted by Crippen LogP contribution is 2.28. The lowest BCUT2D eigenvalue weighted by atomic mass is 9.99. The molecule has 4 aromatic rings. The maximum Gasteiger partial charge on any atom is 0.358 e. The summed E-state index contributed by atoms with van der Waals surface area (Å²) in [6.45, 7) is 0. The van der Waals surface area contributed by atoms with Gasteiger partial charge in [-0.25, -0.2) is 9.78 Å². The molecule has 0 amide bonds. The van der Waals surface area contributed by atoms with Crippen LogP contribution in [0.2, 0.25) is 5.02 Å². The van der Waals surface area contributed by atoms with Crippen molar-refractivity contribution in [3.05, 3.63) is 101 Å². The second-order valence-electron chi connectivity index (χ2n) is 6.17. The van der Waals surface area contributed by atoms with Gasteiger partial charge in [-0.2, -0.15) is 0 Å². The number of ketones is 1. The van der Waals surface area contributed by atoms with Gasteiger partial charge in [0.15, 0.2) is 6.10 Å². The highest BCUT2D eigenvalue weighted by atomic mass is 35.5. The number of benzene rings is 2. The SMILES string of the molecule is O=C(O[C@H](C(=O)c1c[nH]c2ccccc12)c1ccccc1)c1cc(Cl)ccn1. The number of carbonyl (C=O) groups excluding carboxylic acids is 2. The second kappa shape index (κ2) is 7.66. The van der Waals surface area contributed by atoms with E-state index in [9.17, 15) is 9.59 Å². The number of hydrogen-bond donors (Lipinski definition) is 1. The van der Waals surface area contributed by atoms with Gasteiger partial charge in [0.2, 0.25) is 5.78 Å². The molecule has 4 rings (SSSR count). The first-order chi connectivity index (χ1) is 13.6. The Labute approximate surface area is 165 Å². The van der Waals surface area contributed by atoms with E-state index in [4.69, 9.17) is 16.3 Å². The monoisotopic (exact) mass is 390 g/mol. The summed E-state index contributed by atoms with van der Waals surface area (Å²) in [6, 6.07) is 19.3. The van der Waals surface area contributed by atoms with E-state index in [2.05, 4.69) is 9.97 Å². The smallest absolute Gasteiger partial charge is 0.358 e. The van der Waals surface area contributed by atoms with E-state index in [1.165, 1.54) is 12.3 Å². The van der Waals surface area contributed by atoms with Gasteiger partial charge in [0.1, 0.15) is 5.69 Å². The van der Waals surface area contributed by atoms with E-state index in [-0.39, 0.29) is 11.5 Å². The maximum atomic E-state index is 13.3. The molecule has 6 heteroatoms. The molecule has 2 heterocycles. The molecule has 0 saturated heterocycles. The molecule has 2 aromatic heterocycles. The molecular formula is C22H15ClN2O3. The van der Waals surface area contributed by atoms with Crippen LogP contribution in [-0.4, -0.2) is 21.7 Å². The van der Waals surface area contributed by atoms with Gasteiger partial charge in [-0.3, -0.25) is 4.79 Å². The van der Waals surface area contributed by atoms with Crippen molar-refractivity contribution in [3.8, 4) is 0 Å². The molecule has 0 radical (unpaired) electrons. The number of para-hydroxylation sites is 1. The van der Waals surface area contributed by atoms with E-state index in [0.29, 0.717) is 16.1 Å². The fourth-order valence-electron chi connectivity index (χ4n) is 3.00. The number of pyridine rings is 1. The van der Waals surface area contributed by atoms with Gasteiger partial charge in [0.25, 0.3) is 0 Å². The lowest BCUT2D eigenvalue weighted by Crippen LogP contribution is -2.20. The largest absolute Gasteiger partial charge is 0.444 e. The number of H-pyrrole nitrogens is 1. The predicted molar refractivity (Wildman–Crippen MR) is 106 cm³/mol. The third-order valence-electron chi connectivity index (χ3n) is 4.35. The molecule has 28 heavy (non-hydrogen) atoms. The molecule has 0 fully saturated rings. The standard InChI is InChI=1S/C22H15ClN2O3/c23-15-10-11-24-19(12-15)22(27)28-21(14-6-2-1-3-7-14)20(26)17-13-25-18-9-5-4-8-16(17)18/h1-13,21,25H/t21-/m0/s1. The first-order valence-electron chi connectivity index (χ1n) is 8.61. The third-order valence-corrected chi connectivity index (χ3v) is 4.59. The van der Waals surface area contributed by atoms with Crippen molar-refractivity contribution >= 4 is 34.3 Å². The normalized spacial score (nSPS) is 11.9. The molecule has 1 N–H and O–H groups in total. The molecule has 138 valence electrons. The van der Waals surface area contributed by atoms with E-state index in [0.717, 1.165) is 10.9 Å². The molecule has 5 nitrogen and oxygen atoms in total. The van der Waals surface area contributed by atoms with Gasteiger partial charge in [-0.05, 0) is 18.2 Å². The minimum atomic E-state index is -1.10. The van der Waals surface area contributed by atoms with Crippen LogP contribution in [0.1, 0.15) is 32.5 Å². The Morgan fingerprint density at radius 1 is 1.00 bits per heavy atom. The minimum Gasteiger partial charge on any atom is -0.444 e. The number of aromatic amines is 1. The van der Waals surface area contributed by atoms with Crippen LogP contribution in [0.3, 0.4) is 0 Å². The summed E-state index contributed by atoms with van der Waals surface area (Å²) in [7, 11) is 0. The molecule has 0 aliphatic heterocycles. The van der Waals surface area contributed by atoms with Crippen molar-refractivity contribution in [2.75, 3.05) is 0 Å². The molecule has 1 atom stereocenters. The van der Waals surface area contributed by atoms with Gasteiger partial charge < -0.3 is 9.72 Å². The van der Waals surface area contributed by atoms with Crippen molar-refractivity contribution in [1.82, 2.24) is 9.97 Å². The first kappa shape index (κ1) is 17.9. The average molecular weight is 391 g/mol. The lowest BCUT2D eigenvalue weighted by molar-refractivity contribution is 0.0275. The van der Waals surface area contributed by atoms with Crippen LogP contribution in [0.15, 0.2) is 79.1 Å². The van der Waals surface area contributed by atoms with Gasteiger partial charge in [-0.1, -0.05) is 60.1 Å². The average Bonchev–Trinajstić information content (AvgIpc) is 3.16. The Hall–Kier alpha value is -3.44. The van der Waals surface area contributed by atoms with Gasteiger partial charge >= 0.3 is 5.97 Å². The summed E-state index contributed by atoms with van der Waals surface area (Å²) in [5, 5.41) is 1.13. The number of fused-ring (bicyclic) bond motifs is 1. The predicted octanol–water partition coefficient (Wildman–Crippen LogP) is 5.00. The lowest BCUT2D eigenvalue weighted by Gasteiger charge is -2.17.